The third kappa shape index (κ3) is 5.47. The first-order chi connectivity index (χ1) is 19.6. The second-order valence-electron chi connectivity index (χ2n) is 10.2. The van der Waals surface area contributed by atoms with Gasteiger partial charge < -0.3 is 10.6 Å². The van der Waals surface area contributed by atoms with Gasteiger partial charge in [0.15, 0.2) is 9.84 Å². The van der Waals surface area contributed by atoms with Gasteiger partial charge in [-0.05, 0) is 43.2 Å². The van der Waals surface area contributed by atoms with Crippen molar-refractivity contribution in [3.63, 3.8) is 0 Å². The molecule has 8 nitrogen and oxygen atoms in total. The molecule has 0 aliphatic carbocycles. The van der Waals surface area contributed by atoms with Crippen LogP contribution in [0.15, 0.2) is 93.3 Å². The zero-order valence-corrected chi connectivity index (χ0v) is 23.2. The number of nitrogens with two attached hydrogens (primary N) is 1. The van der Waals surface area contributed by atoms with Crippen LogP contribution in [0.2, 0.25) is 0 Å². The van der Waals surface area contributed by atoms with Gasteiger partial charge >= 0.3 is 5.69 Å². The van der Waals surface area contributed by atoms with E-state index in [2.05, 4.69) is 0 Å². The molecule has 2 heterocycles. The van der Waals surface area contributed by atoms with Crippen LogP contribution in [-0.4, -0.2) is 35.9 Å². The summed E-state index contributed by atoms with van der Waals surface area (Å²) in [6.45, 7) is 1.14. The van der Waals surface area contributed by atoms with E-state index >= 15 is 0 Å². The lowest BCUT2D eigenvalue weighted by Gasteiger charge is -2.25. The zero-order valence-electron chi connectivity index (χ0n) is 22.4. The highest BCUT2D eigenvalue weighted by Crippen LogP contribution is 2.28. The summed E-state index contributed by atoms with van der Waals surface area (Å²) >= 11 is 0. The number of rotatable bonds is 8. The van der Waals surface area contributed by atoms with Gasteiger partial charge in [-0.1, -0.05) is 54.6 Å². The quantitative estimate of drug-likeness (QED) is 0.343. The molecule has 1 aromatic heterocycles. The maximum Gasteiger partial charge on any atom is 0.331 e. The Kier molecular flexibility index (Phi) is 7.92. The molecule has 0 amide bonds. The molecular weight excluding hydrogens is 550 g/mol. The van der Waals surface area contributed by atoms with Crippen LogP contribution in [0.5, 0.6) is 0 Å². The van der Waals surface area contributed by atoms with E-state index in [0.717, 1.165) is 21.3 Å². The summed E-state index contributed by atoms with van der Waals surface area (Å²) in [5.41, 5.74) is 5.64. The molecule has 1 aliphatic heterocycles. The van der Waals surface area contributed by atoms with Crippen LogP contribution in [0.3, 0.4) is 0 Å². The van der Waals surface area contributed by atoms with Crippen molar-refractivity contribution in [2.75, 3.05) is 18.0 Å². The van der Waals surface area contributed by atoms with Crippen molar-refractivity contribution in [2.45, 2.75) is 42.6 Å². The molecule has 1 fully saturated rings. The van der Waals surface area contributed by atoms with E-state index in [-0.39, 0.29) is 47.9 Å². The minimum Gasteiger partial charge on any atom is -0.364 e. The molecule has 0 bridgehead atoms. The lowest BCUT2D eigenvalue weighted by molar-refractivity contribution is 0.491. The number of hydrogen-bond donors (Lipinski definition) is 1. The van der Waals surface area contributed by atoms with Crippen molar-refractivity contribution in [3.8, 4) is 0 Å². The number of benzene rings is 3. The smallest absolute Gasteiger partial charge is 0.331 e. The first-order valence-corrected chi connectivity index (χ1v) is 14.8. The van der Waals surface area contributed by atoms with Crippen molar-refractivity contribution < 1.29 is 17.2 Å². The number of aromatic nitrogens is 2. The average molecular weight is 581 g/mol. The highest BCUT2D eigenvalue weighted by molar-refractivity contribution is 7.92. The highest BCUT2D eigenvalue weighted by atomic mass is 32.2. The van der Waals surface area contributed by atoms with Crippen LogP contribution in [0.1, 0.15) is 29.3 Å². The van der Waals surface area contributed by atoms with Gasteiger partial charge in [-0.25, -0.2) is 22.0 Å². The Bertz CT molecular complexity index is 1770. The van der Waals surface area contributed by atoms with Crippen LogP contribution in [-0.2, 0) is 22.9 Å². The molecule has 2 atom stereocenters. The van der Waals surface area contributed by atoms with E-state index in [4.69, 9.17) is 5.73 Å². The summed E-state index contributed by atoms with van der Waals surface area (Å²) in [4.78, 5) is 29.4. The molecule has 0 saturated carbocycles. The summed E-state index contributed by atoms with van der Waals surface area (Å²) < 4.78 is 58.0. The van der Waals surface area contributed by atoms with Crippen molar-refractivity contribution in [3.05, 3.63) is 128 Å². The SMILES string of the molecule is Cc1c(N2CCC(S(=O)(=O)c3ccccc3)C2)c(=O)n(C[C@H](N)c2ccccc2)c(=O)n1Cc1c(F)cccc1F. The molecule has 2 N–H and O–H groups in total. The monoisotopic (exact) mass is 580 g/mol. The van der Waals surface area contributed by atoms with Crippen LogP contribution >= 0.6 is 0 Å². The Hall–Kier alpha value is -4.09. The number of hydrogen-bond acceptors (Lipinski definition) is 6. The Balaban J connectivity index is 1.60. The Morgan fingerprint density at radius 3 is 2.15 bits per heavy atom. The van der Waals surface area contributed by atoms with Crippen molar-refractivity contribution in [2.24, 2.45) is 5.73 Å². The normalized spacial score (nSPS) is 16.2. The average Bonchev–Trinajstić information content (AvgIpc) is 3.46. The van der Waals surface area contributed by atoms with E-state index in [1.165, 1.54) is 25.1 Å². The van der Waals surface area contributed by atoms with Crippen LogP contribution in [0.25, 0.3) is 0 Å². The fraction of sp³-hybridized carbons (Fsp3) is 0.267. The molecule has 0 spiro atoms. The molecule has 1 aliphatic rings. The third-order valence-corrected chi connectivity index (χ3v) is 9.81. The highest BCUT2D eigenvalue weighted by Gasteiger charge is 2.36. The van der Waals surface area contributed by atoms with Gasteiger partial charge in [0, 0.05) is 30.4 Å². The van der Waals surface area contributed by atoms with Gasteiger partial charge in [0.05, 0.1) is 23.2 Å². The maximum atomic E-state index is 14.6. The first-order valence-electron chi connectivity index (χ1n) is 13.2. The standard InChI is InChI=1S/C30H30F2N4O4S/c1-20-28(34-16-15-23(17-34)41(39,40)22-11-6-3-7-12-22)29(37)36(19-27(33)21-9-4-2-5-10-21)30(38)35(20)18-24-25(31)13-8-14-26(24)32/h2-14,23,27H,15-19,33H2,1H3/t23?,27-/m0/s1. The van der Waals surface area contributed by atoms with Gasteiger partial charge in [0.25, 0.3) is 5.56 Å². The first kappa shape index (κ1) is 28.4. The summed E-state index contributed by atoms with van der Waals surface area (Å²) in [6.07, 6.45) is 0.265. The van der Waals surface area contributed by atoms with Gasteiger partial charge in [0.2, 0.25) is 0 Å². The van der Waals surface area contributed by atoms with Crippen molar-refractivity contribution in [1.82, 2.24) is 9.13 Å². The molecule has 4 aromatic rings. The van der Waals surface area contributed by atoms with Gasteiger partial charge in [-0.15, -0.1) is 0 Å². The van der Waals surface area contributed by atoms with Gasteiger partial charge in [-0.2, -0.15) is 0 Å². The minimum atomic E-state index is -3.69. The predicted molar refractivity (Wildman–Crippen MR) is 153 cm³/mol. The summed E-state index contributed by atoms with van der Waals surface area (Å²) in [7, 11) is -3.69. The summed E-state index contributed by atoms with van der Waals surface area (Å²) in [6, 6.07) is 19.7. The molecule has 0 radical (unpaired) electrons. The van der Waals surface area contributed by atoms with E-state index in [9.17, 15) is 26.8 Å². The molecule has 5 rings (SSSR count). The Morgan fingerprint density at radius 1 is 0.902 bits per heavy atom. The van der Waals surface area contributed by atoms with Crippen LogP contribution < -0.4 is 21.9 Å². The molecule has 214 valence electrons. The minimum absolute atomic E-state index is 0.0182. The fourth-order valence-electron chi connectivity index (χ4n) is 5.33. The molecular formula is C30H30F2N4O4S. The predicted octanol–water partition coefficient (Wildman–Crippen LogP) is 3.40. The Morgan fingerprint density at radius 2 is 1.51 bits per heavy atom. The number of halogens is 2. The van der Waals surface area contributed by atoms with Crippen LogP contribution in [0.4, 0.5) is 14.5 Å². The second-order valence-corrected chi connectivity index (χ2v) is 12.4. The maximum absolute atomic E-state index is 14.6. The lowest BCUT2D eigenvalue weighted by Crippen LogP contribution is -2.46. The van der Waals surface area contributed by atoms with Crippen molar-refractivity contribution >= 4 is 15.5 Å². The van der Waals surface area contributed by atoms with E-state index in [0.29, 0.717) is 5.56 Å². The molecule has 11 heteroatoms. The summed E-state index contributed by atoms with van der Waals surface area (Å²) in [5.74, 6) is -1.65. The second kappa shape index (κ2) is 11.4. The zero-order chi connectivity index (χ0) is 29.3. The third-order valence-electron chi connectivity index (χ3n) is 7.61. The van der Waals surface area contributed by atoms with E-state index in [1.807, 2.05) is 6.07 Å². The topological polar surface area (TPSA) is 107 Å². The van der Waals surface area contributed by atoms with E-state index in [1.54, 1.807) is 47.4 Å². The molecule has 1 saturated heterocycles. The number of anilines is 1. The van der Waals surface area contributed by atoms with Gasteiger partial charge in [0.1, 0.15) is 17.3 Å². The number of sulfone groups is 1. The van der Waals surface area contributed by atoms with Gasteiger partial charge in [-0.3, -0.25) is 13.9 Å². The molecule has 3 aromatic carbocycles. The number of nitrogens with zero attached hydrogens (tertiary/aromatic N) is 3. The fourth-order valence-corrected chi connectivity index (χ4v) is 7.04. The molecule has 41 heavy (non-hydrogen) atoms. The Labute approximate surface area is 236 Å². The lowest BCUT2D eigenvalue weighted by atomic mass is 10.1. The van der Waals surface area contributed by atoms with Crippen molar-refractivity contribution in [1.29, 1.82) is 0 Å². The largest absolute Gasteiger partial charge is 0.364 e. The molecule has 1 unspecified atom stereocenters. The van der Waals surface area contributed by atoms with E-state index < -0.39 is 50.6 Å². The van der Waals surface area contributed by atoms with Crippen LogP contribution in [0, 0.1) is 18.6 Å². The summed E-state index contributed by atoms with van der Waals surface area (Å²) in [5, 5.41) is -0.784.